The highest BCUT2D eigenvalue weighted by Gasteiger charge is 2.04. The Labute approximate surface area is 48.0 Å². The zero-order valence-corrected chi connectivity index (χ0v) is 4.92. The smallest absolute Gasteiger partial charge is 0.186 e. The van der Waals surface area contributed by atoms with Crippen LogP contribution in [0.3, 0.4) is 0 Å². The zero-order chi connectivity index (χ0) is 5.28. The third-order valence-corrected chi connectivity index (χ3v) is 1.37. The molecule has 0 unspecified atom stereocenters. The molecule has 0 radical (unpaired) electrons. The molecule has 0 atom stereocenters. The van der Waals surface area contributed by atoms with Crippen LogP contribution in [-0.4, -0.2) is 11.7 Å². The average molecular weight is 114 g/mol. The average Bonchev–Trinajstić information content (AvgIpc) is 1.91. The topological polar surface area (TPSA) is 9.23 Å². The predicted octanol–water partition coefficient (Wildman–Crippen LogP) is 1.29. The molecule has 1 rings (SSSR count). The van der Waals surface area contributed by atoms with Gasteiger partial charge in [0.2, 0.25) is 0 Å². The molecule has 1 aliphatic heterocycles. The van der Waals surface area contributed by atoms with Crippen LogP contribution in [0, 0.1) is 0 Å². The van der Waals surface area contributed by atoms with Crippen molar-refractivity contribution in [3.05, 3.63) is 11.6 Å². The molecule has 0 aliphatic carbocycles. The Balaban J connectivity index is 2.72. The lowest BCUT2D eigenvalue weighted by molar-refractivity contribution is 0.375. The second-order valence-electron chi connectivity index (χ2n) is 1.49. The Morgan fingerprint density at radius 1 is 1.86 bits per heavy atom. The lowest BCUT2D eigenvalue weighted by Gasteiger charge is -1.90. The molecule has 1 heterocycles. The molecule has 0 aromatic rings. The molecule has 2 heteroatoms. The van der Waals surface area contributed by atoms with E-state index in [9.17, 15) is 0 Å². The van der Waals surface area contributed by atoms with E-state index in [0.29, 0.717) is 11.7 Å². The summed E-state index contributed by atoms with van der Waals surface area (Å²) in [7, 11) is 0. The molecule has 0 spiro atoms. The van der Waals surface area contributed by atoms with E-state index < -0.39 is 0 Å². The first-order valence-electron chi connectivity index (χ1n) is 2.14. The highest BCUT2D eigenvalue weighted by Crippen LogP contribution is 2.05. The van der Waals surface area contributed by atoms with Crippen molar-refractivity contribution in [3.8, 4) is 0 Å². The molecule has 0 aromatic carbocycles. The van der Waals surface area contributed by atoms with E-state index in [4.69, 9.17) is 17.0 Å². The van der Waals surface area contributed by atoms with Gasteiger partial charge in [0.05, 0.1) is 0 Å². The van der Waals surface area contributed by atoms with Gasteiger partial charge < -0.3 is 4.74 Å². The summed E-state index contributed by atoms with van der Waals surface area (Å²) in [4.78, 5) is 0. The summed E-state index contributed by atoms with van der Waals surface area (Å²) in [6.45, 7) is 2.62. The summed E-state index contributed by atoms with van der Waals surface area (Å²) in [5, 5.41) is 0.653. The molecule has 0 bridgehead atoms. The van der Waals surface area contributed by atoms with Gasteiger partial charge in [0.1, 0.15) is 6.61 Å². The summed E-state index contributed by atoms with van der Waals surface area (Å²) >= 11 is 4.75. The van der Waals surface area contributed by atoms with Crippen LogP contribution in [0.25, 0.3) is 0 Å². The molecule has 38 valence electrons. The maximum absolute atomic E-state index is 4.90. The van der Waals surface area contributed by atoms with Gasteiger partial charge in [-0.1, -0.05) is 0 Å². The van der Waals surface area contributed by atoms with Crippen molar-refractivity contribution in [1.82, 2.24) is 0 Å². The van der Waals surface area contributed by atoms with Crippen molar-refractivity contribution in [3.63, 3.8) is 0 Å². The van der Waals surface area contributed by atoms with Crippen molar-refractivity contribution < 1.29 is 4.74 Å². The summed E-state index contributed by atoms with van der Waals surface area (Å²) < 4.78 is 4.90. The number of thiocarbonyl (C=S) groups is 1. The third kappa shape index (κ3) is 0.800. The minimum absolute atomic E-state index is 0.653. The number of ether oxygens (including phenoxy) is 1. The number of hydrogen-bond acceptors (Lipinski definition) is 2. The fourth-order valence-electron chi connectivity index (χ4n) is 0.440. The Morgan fingerprint density at radius 2 is 2.57 bits per heavy atom. The first-order valence-corrected chi connectivity index (χ1v) is 2.55. The van der Waals surface area contributed by atoms with Crippen LogP contribution in [0.15, 0.2) is 11.6 Å². The van der Waals surface area contributed by atoms with Crippen LogP contribution >= 0.6 is 12.2 Å². The summed E-state index contributed by atoms with van der Waals surface area (Å²) in [6.07, 6.45) is 1.97. The van der Waals surface area contributed by atoms with Gasteiger partial charge in [0.25, 0.3) is 0 Å². The third-order valence-electron chi connectivity index (χ3n) is 0.926. The minimum atomic E-state index is 0.653. The van der Waals surface area contributed by atoms with E-state index in [2.05, 4.69) is 0 Å². The Hall–Kier alpha value is -0.370. The molecule has 7 heavy (non-hydrogen) atoms. The highest BCUT2D eigenvalue weighted by molar-refractivity contribution is 7.80. The Bertz CT molecular complexity index is 126. The Kier molecular flexibility index (Phi) is 1.11. The molecule has 1 aliphatic rings. The second kappa shape index (κ2) is 1.62. The zero-order valence-electron chi connectivity index (χ0n) is 4.10. The lowest BCUT2D eigenvalue weighted by atomic mass is 10.3. The van der Waals surface area contributed by atoms with E-state index in [1.54, 1.807) is 0 Å². The fourth-order valence-corrected chi connectivity index (χ4v) is 0.591. The summed E-state index contributed by atoms with van der Waals surface area (Å²) in [5.41, 5.74) is 1.09. The van der Waals surface area contributed by atoms with Crippen LogP contribution in [0.1, 0.15) is 6.92 Å². The summed E-state index contributed by atoms with van der Waals surface area (Å²) in [6, 6.07) is 0. The quantitative estimate of drug-likeness (QED) is 0.439. The largest absolute Gasteiger partial charge is 0.479 e. The van der Waals surface area contributed by atoms with E-state index in [-0.39, 0.29) is 0 Å². The van der Waals surface area contributed by atoms with Gasteiger partial charge in [-0.25, -0.2) is 0 Å². The van der Waals surface area contributed by atoms with Gasteiger partial charge >= 0.3 is 0 Å². The van der Waals surface area contributed by atoms with Gasteiger partial charge in [-0.05, 0) is 25.2 Å². The molecule has 0 N–H and O–H groups in total. The van der Waals surface area contributed by atoms with Crippen molar-refractivity contribution >= 4 is 17.3 Å². The van der Waals surface area contributed by atoms with Crippen molar-refractivity contribution in [2.24, 2.45) is 0 Å². The maximum Gasteiger partial charge on any atom is 0.186 e. The number of hydrogen-bond donors (Lipinski definition) is 0. The van der Waals surface area contributed by atoms with Gasteiger partial charge in [0, 0.05) is 5.57 Å². The lowest BCUT2D eigenvalue weighted by Crippen LogP contribution is -1.91. The molecule has 0 saturated carbocycles. The van der Waals surface area contributed by atoms with E-state index in [1.807, 2.05) is 13.0 Å². The van der Waals surface area contributed by atoms with Crippen molar-refractivity contribution in [2.75, 3.05) is 6.61 Å². The minimum Gasteiger partial charge on any atom is -0.479 e. The van der Waals surface area contributed by atoms with Crippen LogP contribution < -0.4 is 0 Å². The van der Waals surface area contributed by atoms with Crippen LogP contribution in [0.5, 0.6) is 0 Å². The molecule has 0 saturated heterocycles. The number of rotatable bonds is 0. The van der Waals surface area contributed by atoms with E-state index in [0.717, 1.165) is 5.57 Å². The highest BCUT2D eigenvalue weighted by atomic mass is 32.1. The van der Waals surface area contributed by atoms with E-state index in [1.165, 1.54) is 0 Å². The van der Waals surface area contributed by atoms with Crippen LogP contribution in [0.2, 0.25) is 0 Å². The standard InChI is InChI=1S/C5H6OS/c1-4-2-3-6-5(4)7/h2H,3H2,1H3. The molecular formula is C5H6OS. The van der Waals surface area contributed by atoms with Gasteiger partial charge in [-0.15, -0.1) is 0 Å². The SMILES string of the molecule is CC1=CCOC1=S. The Morgan fingerprint density at radius 3 is 2.71 bits per heavy atom. The molecular weight excluding hydrogens is 108 g/mol. The van der Waals surface area contributed by atoms with Crippen LogP contribution in [0.4, 0.5) is 0 Å². The van der Waals surface area contributed by atoms with Gasteiger partial charge in [-0.2, -0.15) is 0 Å². The first kappa shape index (κ1) is 4.78. The van der Waals surface area contributed by atoms with Crippen molar-refractivity contribution in [1.29, 1.82) is 0 Å². The monoisotopic (exact) mass is 114 g/mol. The van der Waals surface area contributed by atoms with Gasteiger partial charge in [0.15, 0.2) is 5.05 Å². The maximum atomic E-state index is 4.90. The second-order valence-corrected chi connectivity index (χ2v) is 1.86. The molecule has 0 amide bonds. The van der Waals surface area contributed by atoms with Crippen LogP contribution in [-0.2, 0) is 4.74 Å². The predicted molar refractivity (Wildman–Crippen MR) is 32.3 cm³/mol. The molecule has 0 aromatic heterocycles. The normalized spacial score (nSPS) is 19.0. The first-order chi connectivity index (χ1) is 3.30. The molecule has 1 nitrogen and oxygen atoms in total. The van der Waals surface area contributed by atoms with Crippen molar-refractivity contribution in [2.45, 2.75) is 6.92 Å². The fraction of sp³-hybridized carbons (Fsp3) is 0.400. The summed E-state index contributed by atoms with van der Waals surface area (Å²) in [5.74, 6) is 0. The van der Waals surface area contributed by atoms with Gasteiger partial charge in [-0.3, -0.25) is 0 Å². The molecule has 0 fully saturated rings. The van der Waals surface area contributed by atoms with E-state index >= 15 is 0 Å².